The number of hydrogen-bond donors (Lipinski definition) is 2. The van der Waals surface area contributed by atoms with Crippen molar-refractivity contribution in [2.24, 2.45) is 20.5 Å². The minimum Gasteiger partial charge on any atom is -0.508 e. The van der Waals surface area contributed by atoms with Crippen LogP contribution in [-0.4, -0.2) is 16.8 Å². The van der Waals surface area contributed by atoms with Gasteiger partial charge in [0, 0.05) is 0 Å². The number of benzene rings is 4. The Morgan fingerprint density at radius 3 is 1.22 bits per heavy atom. The van der Waals surface area contributed by atoms with Gasteiger partial charge in [-0.25, -0.2) is 0 Å². The van der Waals surface area contributed by atoms with Crippen LogP contribution in [0.25, 0.3) is 0 Å². The Morgan fingerprint density at radius 1 is 0.407 bits per heavy atom. The van der Waals surface area contributed by atoms with E-state index in [4.69, 9.17) is 9.84 Å². The second-order valence-electron chi connectivity index (χ2n) is 16.4. The molecule has 0 spiro atoms. The van der Waals surface area contributed by atoms with E-state index in [0.717, 1.165) is 64.5 Å². The Balaban J connectivity index is 0.000000427. The van der Waals surface area contributed by atoms with E-state index in [1.165, 1.54) is 128 Å². The van der Waals surface area contributed by atoms with Gasteiger partial charge >= 0.3 is 0 Å². The zero-order valence-electron chi connectivity index (χ0n) is 37.6. The second kappa shape index (κ2) is 29.7. The Labute approximate surface area is 357 Å². The van der Waals surface area contributed by atoms with Gasteiger partial charge in [0.15, 0.2) is 0 Å². The molecule has 0 saturated heterocycles. The highest BCUT2D eigenvalue weighted by Crippen LogP contribution is 2.32. The van der Waals surface area contributed by atoms with E-state index in [2.05, 4.69) is 84.6 Å². The van der Waals surface area contributed by atoms with Crippen molar-refractivity contribution in [1.82, 2.24) is 0 Å². The van der Waals surface area contributed by atoms with Crippen molar-refractivity contribution < 1.29 is 14.9 Å². The molecule has 0 unspecified atom stereocenters. The van der Waals surface area contributed by atoms with Gasteiger partial charge in [-0.3, -0.25) is 0 Å². The van der Waals surface area contributed by atoms with E-state index in [-0.39, 0.29) is 11.5 Å². The Kier molecular flexibility index (Phi) is 24.5. The van der Waals surface area contributed by atoms with Gasteiger partial charge in [0.25, 0.3) is 0 Å². The number of aromatic hydroxyl groups is 2. The number of azo groups is 2. The van der Waals surface area contributed by atoms with Crippen LogP contribution in [0.15, 0.2) is 93.3 Å². The lowest BCUT2D eigenvalue weighted by Gasteiger charge is -2.10. The Morgan fingerprint density at radius 2 is 0.780 bits per heavy atom. The lowest BCUT2D eigenvalue weighted by Crippen LogP contribution is -1.98. The molecular formula is C52H76N4O3. The highest BCUT2D eigenvalue weighted by molar-refractivity contribution is 5.56. The van der Waals surface area contributed by atoms with Crippen molar-refractivity contribution in [2.45, 2.75) is 176 Å². The maximum atomic E-state index is 9.43. The zero-order valence-corrected chi connectivity index (χ0v) is 37.6. The summed E-state index contributed by atoms with van der Waals surface area (Å²) >= 11 is 0. The topological polar surface area (TPSA) is 99.1 Å². The first-order valence-electron chi connectivity index (χ1n) is 23.0. The highest BCUT2D eigenvalue weighted by Gasteiger charge is 2.07. The molecular weight excluding hydrogens is 729 g/mol. The van der Waals surface area contributed by atoms with Crippen LogP contribution >= 0.6 is 0 Å². The van der Waals surface area contributed by atoms with Gasteiger partial charge in [-0.2, -0.15) is 20.5 Å². The number of nitrogens with zero attached hydrogens (tertiary/aromatic N) is 4. The molecule has 4 aromatic carbocycles. The van der Waals surface area contributed by atoms with Gasteiger partial charge in [-0.05, 0) is 135 Å². The minimum absolute atomic E-state index is 0.200. The molecule has 0 saturated carbocycles. The molecule has 0 aromatic heterocycles. The van der Waals surface area contributed by atoms with Crippen molar-refractivity contribution in [2.75, 3.05) is 6.61 Å². The lowest BCUT2D eigenvalue weighted by atomic mass is 10.0. The monoisotopic (exact) mass is 805 g/mol. The maximum absolute atomic E-state index is 9.43. The van der Waals surface area contributed by atoms with E-state index < -0.39 is 0 Å². The average molecular weight is 805 g/mol. The molecule has 0 amide bonds. The van der Waals surface area contributed by atoms with Crippen LogP contribution in [0.2, 0.25) is 0 Å². The number of unbranched alkanes of at least 4 members (excludes halogenated alkanes) is 18. The fourth-order valence-corrected chi connectivity index (χ4v) is 7.31. The predicted octanol–water partition coefficient (Wildman–Crippen LogP) is 17.6. The fraction of sp³-hybridized carbons (Fsp3) is 0.538. The van der Waals surface area contributed by atoms with Crippen molar-refractivity contribution >= 4 is 22.7 Å². The molecule has 0 aliphatic rings. The quantitative estimate of drug-likeness (QED) is 0.0464. The van der Waals surface area contributed by atoms with Gasteiger partial charge in [-0.1, -0.05) is 142 Å². The molecule has 0 radical (unpaired) electrons. The summed E-state index contributed by atoms with van der Waals surface area (Å²) in [5.74, 6) is 1.38. The minimum atomic E-state index is 0.200. The van der Waals surface area contributed by atoms with E-state index in [1.807, 2.05) is 13.8 Å². The molecule has 2 N–H and O–H groups in total. The fourth-order valence-electron chi connectivity index (χ4n) is 7.31. The molecule has 0 aliphatic heterocycles. The van der Waals surface area contributed by atoms with Gasteiger partial charge < -0.3 is 14.9 Å². The maximum Gasteiger partial charge on any atom is 0.119 e. The van der Waals surface area contributed by atoms with Crippen LogP contribution in [0.1, 0.15) is 170 Å². The summed E-state index contributed by atoms with van der Waals surface area (Å²) in [5, 5.41) is 36.0. The second-order valence-corrected chi connectivity index (χ2v) is 16.4. The highest BCUT2D eigenvalue weighted by atomic mass is 16.5. The molecule has 322 valence electrons. The Bertz CT molecular complexity index is 1740. The smallest absolute Gasteiger partial charge is 0.119 e. The number of ether oxygens (including phenoxy) is 1. The summed E-state index contributed by atoms with van der Waals surface area (Å²) in [6.45, 7) is 13.3. The summed E-state index contributed by atoms with van der Waals surface area (Å²) in [6, 6.07) is 22.6. The number of phenols is 2. The summed E-state index contributed by atoms with van der Waals surface area (Å²) in [6.07, 6.45) is 28.4. The molecule has 0 atom stereocenters. The molecule has 0 bridgehead atoms. The van der Waals surface area contributed by atoms with E-state index >= 15 is 0 Å². The number of aryl methyl sites for hydroxylation is 5. The third-order valence-electron chi connectivity index (χ3n) is 10.8. The first-order chi connectivity index (χ1) is 28.7. The average Bonchev–Trinajstić information content (AvgIpc) is 3.21. The van der Waals surface area contributed by atoms with Crippen molar-refractivity contribution in [3.05, 3.63) is 101 Å². The molecule has 0 fully saturated rings. The van der Waals surface area contributed by atoms with Gasteiger partial charge in [0.1, 0.15) is 17.2 Å². The molecule has 4 aromatic rings. The summed E-state index contributed by atoms with van der Waals surface area (Å²) in [7, 11) is 0. The number of phenolic OH excluding ortho intramolecular Hbond substituents is 2. The van der Waals surface area contributed by atoms with Crippen LogP contribution in [0.5, 0.6) is 17.2 Å². The van der Waals surface area contributed by atoms with E-state index in [1.54, 1.807) is 36.4 Å². The van der Waals surface area contributed by atoms with Crippen molar-refractivity contribution in [3.63, 3.8) is 0 Å². The molecule has 59 heavy (non-hydrogen) atoms. The molecule has 0 heterocycles. The Hall–Kier alpha value is -4.52. The van der Waals surface area contributed by atoms with E-state index in [9.17, 15) is 5.11 Å². The number of rotatable bonds is 27. The number of hydrogen-bond acceptors (Lipinski definition) is 7. The molecule has 7 nitrogen and oxygen atoms in total. The third-order valence-corrected chi connectivity index (χ3v) is 10.8. The summed E-state index contributed by atoms with van der Waals surface area (Å²) in [5.41, 5.74) is 8.65. The molecule has 7 heteroatoms. The van der Waals surface area contributed by atoms with Crippen LogP contribution in [0.3, 0.4) is 0 Å². The van der Waals surface area contributed by atoms with E-state index in [0.29, 0.717) is 5.69 Å². The van der Waals surface area contributed by atoms with Crippen molar-refractivity contribution in [1.29, 1.82) is 0 Å². The molecule has 0 aliphatic carbocycles. The predicted molar refractivity (Wildman–Crippen MR) is 249 cm³/mol. The van der Waals surface area contributed by atoms with Gasteiger partial charge in [-0.15, -0.1) is 0 Å². The normalized spacial score (nSPS) is 11.4. The van der Waals surface area contributed by atoms with Crippen molar-refractivity contribution in [3.8, 4) is 17.2 Å². The van der Waals surface area contributed by atoms with Crippen LogP contribution in [0, 0.1) is 27.7 Å². The summed E-state index contributed by atoms with van der Waals surface area (Å²) in [4.78, 5) is 0. The summed E-state index contributed by atoms with van der Waals surface area (Å²) < 4.78 is 6.08. The lowest BCUT2D eigenvalue weighted by molar-refractivity contribution is 0.304. The van der Waals surface area contributed by atoms with Crippen LogP contribution in [-0.2, 0) is 6.42 Å². The first kappa shape index (κ1) is 48.8. The largest absolute Gasteiger partial charge is 0.508 e. The van der Waals surface area contributed by atoms with Crippen LogP contribution < -0.4 is 4.74 Å². The van der Waals surface area contributed by atoms with Crippen LogP contribution in [0.4, 0.5) is 22.7 Å². The van der Waals surface area contributed by atoms with Gasteiger partial charge in [0.05, 0.1) is 29.4 Å². The standard InChI is InChI=1S/C38H62N2O.C14H14N2O2/c1-5-7-9-11-13-15-17-19-21-23-25-35-26-28-36(29-27-35)39-40-38-33(3)31-37(32-34(38)4)41-30-24-22-20-18-16-14-12-10-8-6-2;1-9-7-13(18)8-10(2)14(9)16-15-11-3-5-12(17)6-4-11/h26-29,31-32H,5-25,30H2,1-4H3;3-8,17-18H,1-2H3. The first-order valence-corrected chi connectivity index (χ1v) is 23.0. The SMILES string of the molecule is CCCCCCCCCCCCOc1cc(C)c(N=Nc2ccc(CCCCCCCCCCCC)cc2)c(C)c1.Cc1cc(O)cc(C)c1N=Nc1ccc(O)cc1. The van der Waals surface area contributed by atoms with Gasteiger partial charge in [0.2, 0.25) is 0 Å². The third kappa shape index (κ3) is 20.8. The molecule has 4 rings (SSSR count). The zero-order chi connectivity index (χ0) is 42.5.